The Bertz CT molecular complexity index is 608. The topological polar surface area (TPSA) is 9.23 Å². The van der Waals surface area contributed by atoms with Crippen LogP contribution in [0, 0.1) is 6.92 Å². The second kappa shape index (κ2) is 6.64. The average Bonchev–Trinajstić information content (AvgIpc) is 2.38. The van der Waals surface area contributed by atoms with Crippen LogP contribution in [0.3, 0.4) is 0 Å². The Morgan fingerprint density at radius 3 is 2.50 bits per heavy atom. The minimum atomic E-state index is 0.522. The number of rotatable bonds is 4. The first kappa shape index (κ1) is 15.4. The van der Waals surface area contributed by atoms with Gasteiger partial charge in [0.2, 0.25) is 0 Å². The van der Waals surface area contributed by atoms with E-state index >= 15 is 0 Å². The van der Waals surface area contributed by atoms with Crippen LogP contribution in [0.5, 0.6) is 11.5 Å². The summed E-state index contributed by atoms with van der Waals surface area (Å²) in [5, 5.41) is 1.42. The Morgan fingerprint density at radius 2 is 1.90 bits per heavy atom. The summed E-state index contributed by atoms with van der Waals surface area (Å²) >= 11 is 9.51. The molecule has 3 heteroatoms. The van der Waals surface area contributed by atoms with E-state index in [0.717, 1.165) is 22.4 Å². The molecule has 0 radical (unpaired) electrons. The van der Waals surface area contributed by atoms with Crippen LogP contribution in [0.25, 0.3) is 0 Å². The van der Waals surface area contributed by atoms with Crippen molar-refractivity contribution in [3.05, 3.63) is 58.1 Å². The van der Waals surface area contributed by atoms with E-state index in [0.29, 0.717) is 10.9 Å². The van der Waals surface area contributed by atoms with Crippen molar-refractivity contribution in [1.29, 1.82) is 0 Å². The highest BCUT2D eigenvalue weighted by Crippen LogP contribution is 2.31. The first-order valence-electron chi connectivity index (χ1n) is 6.64. The van der Waals surface area contributed by atoms with Gasteiger partial charge in [-0.1, -0.05) is 53.5 Å². The van der Waals surface area contributed by atoms with Crippen molar-refractivity contribution in [3.63, 3.8) is 0 Å². The summed E-state index contributed by atoms with van der Waals surface area (Å²) in [5.41, 5.74) is 3.68. The molecule has 0 saturated carbocycles. The highest BCUT2D eigenvalue weighted by molar-refractivity contribution is 9.08. The Hall–Kier alpha value is -0.990. The van der Waals surface area contributed by atoms with Crippen molar-refractivity contribution in [2.24, 2.45) is 0 Å². The molecule has 0 aliphatic carbocycles. The van der Waals surface area contributed by atoms with Crippen LogP contribution in [0.1, 0.15) is 36.5 Å². The van der Waals surface area contributed by atoms with Gasteiger partial charge in [-0.05, 0) is 48.2 Å². The molecule has 0 N–H and O–H groups in total. The fourth-order valence-corrected chi connectivity index (χ4v) is 2.85. The first-order chi connectivity index (χ1) is 9.51. The number of halogens is 2. The maximum atomic E-state index is 6.04. The van der Waals surface area contributed by atoms with E-state index < -0.39 is 0 Å². The molecule has 2 aromatic carbocycles. The molecule has 0 heterocycles. The lowest BCUT2D eigenvalue weighted by molar-refractivity contribution is 0.478. The number of hydrogen-bond donors (Lipinski definition) is 0. The van der Waals surface area contributed by atoms with Gasteiger partial charge in [-0.25, -0.2) is 0 Å². The van der Waals surface area contributed by atoms with Gasteiger partial charge in [0.05, 0.1) is 0 Å². The van der Waals surface area contributed by atoms with Crippen LogP contribution < -0.4 is 4.74 Å². The van der Waals surface area contributed by atoms with Gasteiger partial charge in [0.15, 0.2) is 0 Å². The Kier molecular flexibility index (Phi) is 5.11. The molecule has 0 spiro atoms. The second-order valence-electron chi connectivity index (χ2n) is 5.16. The SMILES string of the molecule is Cc1cc(Oc2cc(Cl)ccc2CBr)ccc1C(C)C. The van der Waals surface area contributed by atoms with Crippen LogP contribution in [-0.2, 0) is 5.33 Å². The molecule has 1 nitrogen and oxygen atoms in total. The summed E-state index contributed by atoms with van der Waals surface area (Å²) in [6, 6.07) is 11.9. The van der Waals surface area contributed by atoms with Crippen molar-refractivity contribution in [1.82, 2.24) is 0 Å². The zero-order valence-electron chi connectivity index (χ0n) is 11.9. The van der Waals surface area contributed by atoms with E-state index in [9.17, 15) is 0 Å². The lowest BCUT2D eigenvalue weighted by Crippen LogP contribution is -1.94. The molecular weight excluding hydrogens is 336 g/mol. The molecule has 0 atom stereocenters. The summed E-state index contributed by atoms with van der Waals surface area (Å²) in [6.07, 6.45) is 0. The van der Waals surface area contributed by atoms with Crippen molar-refractivity contribution < 1.29 is 4.74 Å². The normalized spacial score (nSPS) is 10.9. The van der Waals surface area contributed by atoms with Crippen LogP contribution in [0.15, 0.2) is 36.4 Å². The Morgan fingerprint density at radius 1 is 1.15 bits per heavy atom. The zero-order valence-corrected chi connectivity index (χ0v) is 14.3. The predicted octanol–water partition coefficient (Wildman–Crippen LogP) is 6.46. The molecule has 0 fully saturated rings. The monoisotopic (exact) mass is 352 g/mol. The van der Waals surface area contributed by atoms with E-state index in [1.807, 2.05) is 24.3 Å². The molecule has 0 saturated heterocycles. The second-order valence-corrected chi connectivity index (χ2v) is 6.16. The first-order valence-corrected chi connectivity index (χ1v) is 8.14. The molecule has 0 unspecified atom stereocenters. The lowest BCUT2D eigenvalue weighted by Gasteiger charge is -2.14. The minimum absolute atomic E-state index is 0.522. The molecular formula is C17H18BrClO. The van der Waals surface area contributed by atoms with Crippen molar-refractivity contribution >= 4 is 27.5 Å². The average molecular weight is 354 g/mol. The molecule has 106 valence electrons. The van der Waals surface area contributed by atoms with E-state index in [1.165, 1.54) is 11.1 Å². The molecule has 0 amide bonds. The van der Waals surface area contributed by atoms with Crippen molar-refractivity contribution in [2.45, 2.75) is 32.0 Å². The Balaban J connectivity index is 2.31. The molecule has 20 heavy (non-hydrogen) atoms. The van der Waals surface area contributed by atoms with E-state index in [-0.39, 0.29) is 0 Å². The van der Waals surface area contributed by atoms with Gasteiger partial charge in [0.25, 0.3) is 0 Å². The summed E-state index contributed by atoms with van der Waals surface area (Å²) in [5.74, 6) is 2.16. The lowest BCUT2D eigenvalue weighted by atomic mass is 9.98. The van der Waals surface area contributed by atoms with Gasteiger partial charge < -0.3 is 4.74 Å². The van der Waals surface area contributed by atoms with Gasteiger partial charge in [0.1, 0.15) is 11.5 Å². The largest absolute Gasteiger partial charge is 0.457 e. The number of benzene rings is 2. The van der Waals surface area contributed by atoms with Crippen molar-refractivity contribution in [2.75, 3.05) is 0 Å². The third-order valence-electron chi connectivity index (χ3n) is 3.26. The van der Waals surface area contributed by atoms with Gasteiger partial charge >= 0.3 is 0 Å². The van der Waals surface area contributed by atoms with Crippen molar-refractivity contribution in [3.8, 4) is 11.5 Å². The fourth-order valence-electron chi connectivity index (χ4n) is 2.22. The number of hydrogen-bond acceptors (Lipinski definition) is 1. The predicted molar refractivity (Wildman–Crippen MR) is 89.4 cm³/mol. The van der Waals surface area contributed by atoms with E-state index in [2.05, 4.69) is 48.8 Å². The highest BCUT2D eigenvalue weighted by atomic mass is 79.9. The zero-order chi connectivity index (χ0) is 14.7. The van der Waals surface area contributed by atoms with Crippen LogP contribution in [0.4, 0.5) is 0 Å². The number of alkyl halides is 1. The standard InChI is InChI=1S/C17H18BrClO/c1-11(2)16-7-6-15(8-12(16)3)20-17-9-14(19)5-4-13(17)10-18/h4-9,11H,10H2,1-3H3. The molecule has 0 bridgehead atoms. The molecule has 0 aliphatic heterocycles. The number of aryl methyl sites for hydroxylation is 1. The molecule has 0 aromatic heterocycles. The minimum Gasteiger partial charge on any atom is -0.457 e. The smallest absolute Gasteiger partial charge is 0.132 e. The van der Waals surface area contributed by atoms with Crippen LogP contribution in [0.2, 0.25) is 5.02 Å². The molecule has 0 aliphatic rings. The maximum absolute atomic E-state index is 6.04. The summed E-state index contributed by atoms with van der Waals surface area (Å²) in [6.45, 7) is 6.51. The van der Waals surface area contributed by atoms with Gasteiger partial charge in [-0.15, -0.1) is 0 Å². The fraction of sp³-hybridized carbons (Fsp3) is 0.294. The summed E-state index contributed by atoms with van der Waals surface area (Å²) in [4.78, 5) is 0. The summed E-state index contributed by atoms with van der Waals surface area (Å²) in [7, 11) is 0. The maximum Gasteiger partial charge on any atom is 0.132 e. The van der Waals surface area contributed by atoms with E-state index in [4.69, 9.17) is 16.3 Å². The van der Waals surface area contributed by atoms with Gasteiger partial charge in [-0.3, -0.25) is 0 Å². The third-order valence-corrected chi connectivity index (χ3v) is 4.10. The summed E-state index contributed by atoms with van der Waals surface area (Å²) < 4.78 is 5.98. The van der Waals surface area contributed by atoms with Gasteiger partial charge in [-0.2, -0.15) is 0 Å². The molecule has 2 aromatic rings. The Labute approximate surface area is 134 Å². The third kappa shape index (κ3) is 3.56. The van der Waals surface area contributed by atoms with Crippen LogP contribution in [-0.4, -0.2) is 0 Å². The quantitative estimate of drug-likeness (QED) is 0.573. The number of ether oxygens (including phenoxy) is 1. The van der Waals surface area contributed by atoms with Crippen LogP contribution >= 0.6 is 27.5 Å². The highest BCUT2D eigenvalue weighted by Gasteiger charge is 2.08. The van der Waals surface area contributed by atoms with E-state index in [1.54, 1.807) is 0 Å². The molecule has 2 rings (SSSR count). The van der Waals surface area contributed by atoms with Gasteiger partial charge in [0, 0.05) is 15.9 Å².